The molecule has 10 heteroatoms. The van der Waals surface area contributed by atoms with Crippen molar-refractivity contribution in [3.05, 3.63) is 57.0 Å². The van der Waals surface area contributed by atoms with Crippen molar-refractivity contribution in [1.29, 1.82) is 0 Å². The van der Waals surface area contributed by atoms with Crippen molar-refractivity contribution < 1.29 is 22.6 Å². The molecule has 1 amide bonds. The predicted octanol–water partition coefficient (Wildman–Crippen LogP) is 2.21. The molecule has 1 aromatic heterocycles. The normalized spacial score (nSPS) is 11.4. The number of rotatable bonds is 8. The molecule has 1 aromatic carbocycles. The first-order valence-corrected chi connectivity index (χ1v) is 9.70. The highest BCUT2D eigenvalue weighted by Crippen LogP contribution is 2.29. The van der Waals surface area contributed by atoms with Gasteiger partial charge in [-0.15, -0.1) is 0 Å². The molecule has 0 aliphatic carbocycles. The first-order valence-electron chi connectivity index (χ1n) is 8.21. The summed E-state index contributed by atoms with van der Waals surface area (Å²) < 4.78 is 32.5. The molecule has 0 saturated heterocycles. The fourth-order valence-corrected chi connectivity index (χ4v) is 4.05. The Balaban J connectivity index is 1.98. The standard InChI is InChI=1S/C17H21N3O6S/c1-11-5-6-14(20(22)23)16(13(11)3)27(24,25)19-9-4-8-18-17(21)15-12(2)7-10-26-15/h5-7,10,19H,4,8-9H2,1-3H3,(H,18,21). The number of carbonyl (C=O) groups excluding carboxylic acids is 1. The second-order valence-electron chi connectivity index (χ2n) is 6.05. The predicted molar refractivity (Wildman–Crippen MR) is 98.2 cm³/mol. The number of sulfonamides is 1. The topological polar surface area (TPSA) is 132 Å². The van der Waals surface area contributed by atoms with Crippen LogP contribution in [0.2, 0.25) is 0 Å². The van der Waals surface area contributed by atoms with Crippen LogP contribution in [0.1, 0.15) is 33.7 Å². The first-order chi connectivity index (χ1) is 12.6. The number of nitro benzene ring substituents is 1. The van der Waals surface area contributed by atoms with Crippen LogP contribution in [-0.4, -0.2) is 32.3 Å². The van der Waals surface area contributed by atoms with E-state index in [0.717, 1.165) is 0 Å². The van der Waals surface area contributed by atoms with Gasteiger partial charge in [0.25, 0.3) is 11.6 Å². The van der Waals surface area contributed by atoms with Crippen molar-refractivity contribution in [3.63, 3.8) is 0 Å². The Morgan fingerprint density at radius 1 is 1.15 bits per heavy atom. The summed E-state index contributed by atoms with van der Waals surface area (Å²) in [5.74, 6) is -0.174. The number of carbonyl (C=O) groups is 1. The van der Waals surface area contributed by atoms with E-state index in [1.165, 1.54) is 25.3 Å². The lowest BCUT2D eigenvalue weighted by molar-refractivity contribution is -0.387. The molecule has 9 nitrogen and oxygen atoms in total. The van der Waals surface area contributed by atoms with Crippen LogP contribution < -0.4 is 10.0 Å². The van der Waals surface area contributed by atoms with E-state index in [9.17, 15) is 23.3 Å². The molecular weight excluding hydrogens is 374 g/mol. The second kappa shape index (κ2) is 8.31. The van der Waals surface area contributed by atoms with Gasteiger partial charge in [-0.2, -0.15) is 0 Å². The summed E-state index contributed by atoms with van der Waals surface area (Å²) >= 11 is 0. The average Bonchev–Trinajstić information content (AvgIpc) is 3.02. The molecule has 0 bridgehead atoms. The van der Waals surface area contributed by atoms with E-state index < -0.39 is 20.6 Å². The molecule has 0 spiro atoms. The lowest BCUT2D eigenvalue weighted by Crippen LogP contribution is -2.30. The van der Waals surface area contributed by atoms with Gasteiger partial charge in [-0.3, -0.25) is 14.9 Å². The number of amides is 1. The third-order valence-electron chi connectivity index (χ3n) is 4.12. The average molecular weight is 395 g/mol. The number of nitrogens with zero attached hydrogens (tertiary/aromatic N) is 1. The molecule has 0 saturated carbocycles. The Kier molecular flexibility index (Phi) is 6.34. The van der Waals surface area contributed by atoms with Gasteiger partial charge in [-0.1, -0.05) is 6.07 Å². The minimum absolute atomic E-state index is 0.0181. The van der Waals surface area contributed by atoms with E-state index in [1.54, 1.807) is 19.9 Å². The Morgan fingerprint density at radius 2 is 1.85 bits per heavy atom. The van der Waals surface area contributed by atoms with Gasteiger partial charge in [-0.05, 0) is 44.4 Å². The number of benzene rings is 1. The largest absolute Gasteiger partial charge is 0.459 e. The number of nitrogens with one attached hydrogen (secondary N) is 2. The van der Waals surface area contributed by atoms with Crippen LogP contribution in [0.25, 0.3) is 0 Å². The van der Waals surface area contributed by atoms with Crippen molar-refractivity contribution in [3.8, 4) is 0 Å². The SMILES string of the molecule is Cc1ccoc1C(=O)NCCCNS(=O)(=O)c1c([N+](=O)[O-])ccc(C)c1C. The van der Waals surface area contributed by atoms with E-state index >= 15 is 0 Å². The van der Waals surface area contributed by atoms with Gasteiger partial charge in [-0.25, -0.2) is 13.1 Å². The molecule has 0 aliphatic heterocycles. The minimum atomic E-state index is -4.06. The molecular formula is C17H21N3O6S. The van der Waals surface area contributed by atoms with Gasteiger partial charge in [0, 0.05) is 24.7 Å². The van der Waals surface area contributed by atoms with Crippen LogP contribution in [-0.2, 0) is 10.0 Å². The highest BCUT2D eigenvalue weighted by molar-refractivity contribution is 7.89. The molecule has 0 fully saturated rings. The van der Waals surface area contributed by atoms with Gasteiger partial charge >= 0.3 is 0 Å². The highest BCUT2D eigenvalue weighted by Gasteiger charge is 2.28. The monoisotopic (exact) mass is 395 g/mol. The molecule has 0 atom stereocenters. The second-order valence-corrected chi connectivity index (χ2v) is 7.76. The number of furan rings is 1. The maximum atomic E-state index is 12.5. The van der Waals surface area contributed by atoms with Gasteiger partial charge in [0.1, 0.15) is 0 Å². The Labute approximate surface area is 157 Å². The zero-order valence-corrected chi connectivity index (χ0v) is 16.1. The van der Waals surface area contributed by atoms with Crippen LogP contribution in [0.3, 0.4) is 0 Å². The van der Waals surface area contributed by atoms with Crippen LogP contribution in [0.5, 0.6) is 0 Å². The first kappa shape index (κ1) is 20.6. The molecule has 27 heavy (non-hydrogen) atoms. The van der Waals surface area contributed by atoms with Crippen LogP contribution >= 0.6 is 0 Å². The summed E-state index contributed by atoms with van der Waals surface area (Å²) in [5.41, 5.74) is 1.21. The van der Waals surface area contributed by atoms with Crippen molar-refractivity contribution in [2.45, 2.75) is 32.1 Å². The highest BCUT2D eigenvalue weighted by atomic mass is 32.2. The summed E-state index contributed by atoms with van der Waals surface area (Å²) in [7, 11) is -4.06. The minimum Gasteiger partial charge on any atom is -0.459 e. The summed E-state index contributed by atoms with van der Waals surface area (Å²) in [6.07, 6.45) is 1.72. The van der Waals surface area contributed by atoms with E-state index in [-0.39, 0.29) is 29.7 Å². The van der Waals surface area contributed by atoms with E-state index in [1.807, 2.05) is 0 Å². The Morgan fingerprint density at radius 3 is 2.44 bits per heavy atom. The maximum Gasteiger partial charge on any atom is 0.289 e. The third-order valence-corrected chi connectivity index (χ3v) is 5.76. The zero-order valence-electron chi connectivity index (χ0n) is 15.2. The molecule has 1 heterocycles. The lowest BCUT2D eigenvalue weighted by atomic mass is 10.1. The van der Waals surface area contributed by atoms with E-state index in [4.69, 9.17) is 4.42 Å². The lowest BCUT2D eigenvalue weighted by Gasteiger charge is -2.11. The fourth-order valence-electron chi connectivity index (χ4n) is 2.51. The molecule has 2 N–H and O–H groups in total. The summed E-state index contributed by atoms with van der Waals surface area (Å²) in [4.78, 5) is 22.0. The maximum absolute atomic E-state index is 12.5. The van der Waals surface area contributed by atoms with E-state index in [2.05, 4.69) is 10.0 Å². The van der Waals surface area contributed by atoms with E-state index in [0.29, 0.717) is 23.1 Å². The van der Waals surface area contributed by atoms with Crippen LogP contribution in [0.15, 0.2) is 33.8 Å². The van der Waals surface area contributed by atoms with Gasteiger partial charge in [0.05, 0.1) is 11.2 Å². The molecule has 2 rings (SSSR count). The van der Waals surface area contributed by atoms with Gasteiger partial charge < -0.3 is 9.73 Å². The van der Waals surface area contributed by atoms with Crippen LogP contribution in [0, 0.1) is 30.9 Å². The zero-order chi connectivity index (χ0) is 20.2. The summed E-state index contributed by atoms with van der Waals surface area (Å²) in [6.45, 7) is 5.19. The molecule has 0 radical (unpaired) electrons. The van der Waals surface area contributed by atoms with Crippen molar-refractivity contribution in [2.24, 2.45) is 0 Å². The third kappa shape index (κ3) is 4.72. The van der Waals surface area contributed by atoms with Crippen molar-refractivity contribution in [2.75, 3.05) is 13.1 Å². The number of aryl methyl sites for hydroxylation is 2. The Bertz CT molecular complexity index is 965. The van der Waals surface area contributed by atoms with Crippen LogP contribution in [0.4, 0.5) is 5.69 Å². The number of hydrogen-bond acceptors (Lipinski definition) is 6. The molecule has 2 aromatic rings. The molecule has 0 unspecified atom stereocenters. The fraction of sp³-hybridized carbons (Fsp3) is 0.353. The number of nitro groups is 1. The van der Waals surface area contributed by atoms with Gasteiger partial charge in [0.2, 0.25) is 10.0 Å². The quantitative estimate of drug-likeness (QED) is 0.400. The van der Waals surface area contributed by atoms with Crippen molar-refractivity contribution in [1.82, 2.24) is 10.0 Å². The summed E-state index contributed by atoms with van der Waals surface area (Å²) in [5, 5.41) is 13.8. The number of hydrogen-bond donors (Lipinski definition) is 2. The van der Waals surface area contributed by atoms with Gasteiger partial charge in [0.15, 0.2) is 10.7 Å². The summed E-state index contributed by atoms with van der Waals surface area (Å²) in [6, 6.07) is 4.36. The Hall–Kier alpha value is -2.72. The molecule has 0 aliphatic rings. The van der Waals surface area contributed by atoms with Crippen molar-refractivity contribution >= 4 is 21.6 Å². The smallest absolute Gasteiger partial charge is 0.289 e. The molecule has 146 valence electrons.